The maximum absolute atomic E-state index is 13.2. The quantitative estimate of drug-likeness (QED) is 0.619. The number of hydrogen-bond acceptors (Lipinski definition) is 2. The second-order valence-corrected chi connectivity index (χ2v) is 3.68. The van der Waals surface area contributed by atoms with Gasteiger partial charge in [-0.2, -0.15) is 0 Å². The highest BCUT2D eigenvalue weighted by Crippen LogP contribution is 2.23. The molecule has 0 spiro atoms. The third-order valence-corrected chi connectivity index (χ3v) is 2.45. The average molecular weight is 294 g/mol. The number of benzene rings is 1. The molecule has 4 heteroatoms. The van der Waals surface area contributed by atoms with Gasteiger partial charge in [-0.05, 0) is 35.6 Å². The Balaban J connectivity index is 3.31. The Hall–Kier alpha value is -0.650. The number of carbonyl (C=O) groups is 1. The first-order chi connectivity index (χ1) is 6.06. The highest BCUT2D eigenvalue weighted by atomic mass is 127. The maximum atomic E-state index is 13.2. The molecular formula is C9H8FIO2. The number of carbonyl (C=O) groups excluding carboxylic acids is 1. The molecule has 0 amide bonds. The van der Waals surface area contributed by atoms with E-state index in [1.165, 1.54) is 20.1 Å². The Morgan fingerprint density at radius 2 is 2.15 bits per heavy atom. The van der Waals surface area contributed by atoms with Gasteiger partial charge in [0.25, 0.3) is 0 Å². The summed E-state index contributed by atoms with van der Waals surface area (Å²) in [5.74, 6) is -0.382. The predicted octanol–water partition coefficient (Wildman–Crippen LogP) is 2.64. The van der Waals surface area contributed by atoms with Gasteiger partial charge in [0.15, 0.2) is 5.78 Å². The van der Waals surface area contributed by atoms with Crippen LogP contribution in [-0.4, -0.2) is 12.9 Å². The van der Waals surface area contributed by atoms with Crippen molar-refractivity contribution in [1.29, 1.82) is 0 Å². The van der Waals surface area contributed by atoms with Gasteiger partial charge in [0.2, 0.25) is 0 Å². The smallest absolute Gasteiger partial charge is 0.163 e. The minimum atomic E-state index is -0.531. The van der Waals surface area contributed by atoms with Crippen LogP contribution in [0.2, 0.25) is 0 Å². The van der Waals surface area contributed by atoms with Gasteiger partial charge < -0.3 is 4.74 Å². The van der Waals surface area contributed by atoms with Gasteiger partial charge in [-0.3, -0.25) is 4.79 Å². The van der Waals surface area contributed by atoms with Crippen molar-refractivity contribution in [3.05, 3.63) is 27.1 Å². The van der Waals surface area contributed by atoms with E-state index in [4.69, 9.17) is 4.74 Å². The third-order valence-electron chi connectivity index (χ3n) is 1.60. The lowest BCUT2D eigenvalue weighted by Crippen LogP contribution is -2.01. The van der Waals surface area contributed by atoms with Crippen molar-refractivity contribution in [2.24, 2.45) is 0 Å². The van der Waals surface area contributed by atoms with E-state index < -0.39 is 5.82 Å². The van der Waals surface area contributed by atoms with Gasteiger partial charge in [0.1, 0.15) is 11.6 Å². The maximum Gasteiger partial charge on any atom is 0.163 e. The van der Waals surface area contributed by atoms with E-state index in [0.29, 0.717) is 9.32 Å². The van der Waals surface area contributed by atoms with Crippen LogP contribution in [0, 0.1) is 9.39 Å². The Morgan fingerprint density at radius 1 is 1.54 bits per heavy atom. The number of halogens is 2. The fraction of sp³-hybridized carbons (Fsp3) is 0.222. The van der Waals surface area contributed by atoms with Crippen LogP contribution in [0.3, 0.4) is 0 Å². The first-order valence-corrected chi connectivity index (χ1v) is 4.68. The molecule has 0 atom stereocenters. The van der Waals surface area contributed by atoms with Crippen LogP contribution < -0.4 is 4.74 Å². The number of Topliss-reactive ketones (excluding diaryl/α,β-unsaturated/α-hetero) is 1. The van der Waals surface area contributed by atoms with Crippen LogP contribution >= 0.6 is 22.6 Å². The standard InChI is InChI=1S/C9H8FIO2/c1-5(12)9-7(10)3-6(13-2)4-8(9)11/h3-4H,1-2H3. The van der Waals surface area contributed by atoms with Gasteiger partial charge in [0.05, 0.1) is 12.7 Å². The molecule has 0 radical (unpaired) electrons. The fourth-order valence-electron chi connectivity index (χ4n) is 1.00. The van der Waals surface area contributed by atoms with Crippen molar-refractivity contribution in [2.45, 2.75) is 6.92 Å². The average Bonchev–Trinajstić information content (AvgIpc) is 2.02. The number of methoxy groups -OCH3 is 1. The monoisotopic (exact) mass is 294 g/mol. The fourth-order valence-corrected chi connectivity index (χ4v) is 1.95. The molecule has 0 aliphatic rings. The molecular weight excluding hydrogens is 286 g/mol. The Bertz CT molecular complexity index is 326. The van der Waals surface area contributed by atoms with Crippen molar-refractivity contribution in [1.82, 2.24) is 0 Å². The van der Waals surface area contributed by atoms with E-state index in [2.05, 4.69) is 0 Å². The summed E-state index contributed by atoms with van der Waals surface area (Å²) in [6.07, 6.45) is 0. The molecule has 0 N–H and O–H groups in total. The summed E-state index contributed by atoms with van der Waals surface area (Å²) < 4.78 is 18.7. The molecule has 2 nitrogen and oxygen atoms in total. The summed E-state index contributed by atoms with van der Waals surface area (Å²) in [5, 5.41) is 0. The zero-order valence-corrected chi connectivity index (χ0v) is 9.38. The van der Waals surface area contributed by atoms with E-state index >= 15 is 0 Å². The van der Waals surface area contributed by atoms with Crippen LogP contribution in [0.25, 0.3) is 0 Å². The molecule has 1 aromatic rings. The van der Waals surface area contributed by atoms with Gasteiger partial charge in [-0.1, -0.05) is 0 Å². The topological polar surface area (TPSA) is 26.3 Å². The van der Waals surface area contributed by atoms with E-state index in [1.807, 2.05) is 22.6 Å². The Morgan fingerprint density at radius 3 is 2.54 bits per heavy atom. The van der Waals surface area contributed by atoms with E-state index in [0.717, 1.165) is 0 Å². The molecule has 0 saturated carbocycles. The van der Waals surface area contributed by atoms with Crippen LogP contribution in [-0.2, 0) is 0 Å². The molecule has 13 heavy (non-hydrogen) atoms. The lowest BCUT2D eigenvalue weighted by molar-refractivity contribution is 0.101. The summed E-state index contributed by atoms with van der Waals surface area (Å²) in [7, 11) is 1.46. The number of rotatable bonds is 2. The minimum Gasteiger partial charge on any atom is -0.497 e. The molecule has 0 aliphatic heterocycles. The second-order valence-electron chi connectivity index (χ2n) is 2.52. The molecule has 1 rings (SSSR count). The van der Waals surface area contributed by atoms with Crippen molar-refractivity contribution >= 4 is 28.4 Å². The summed E-state index contributed by atoms with van der Waals surface area (Å²) in [4.78, 5) is 11.0. The molecule has 0 bridgehead atoms. The van der Waals surface area contributed by atoms with Gasteiger partial charge >= 0.3 is 0 Å². The molecule has 0 heterocycles. The molecule has 70 valence electrons. The summed E-state index contributed by atoms with van der Waals surface area (Å²) in [5.41, 5.74) is 0.126. The van der Waals surface area contributed by atoms with Crippen molar-refractivity contribution in [3.8, 4) is 5.75 Å². The summed E-state index contributed by atoms with van der Waals surface area (Å²) in [6.45, 7) is 1.34. The predicted molar refractivity (Wildman–Crippen MR) is 55.7 cm³/mol. The summed E-state index contributed by atoms with van der Waals surface area (Å²) in [6, 6.07) is 2.83. The largest absolute Gasteiger partial charge is 0.497 e. The molecule has 1 aromatic carbocycles. The molecule has 0 unspecified atom stereocenters. The molecule has 0 saturated heterocycles. The first kappa shape index (κ1) is 10.4. The van der Waals surface area contributed by atoms with E-state index in [1.54, 1.807) is 6.07 Å². The van der Waals surface area contributed by atoms with Gasteiger partial charge in [-0.15, -0.1) is 0 Å². The molecule has 0 aromatic heterocycles. The second kappa shape index (κ2) is 4.04. The lowest BCUT2D eigenvalue weighted by atomic mass is 10.1. The van der Waals surface area contributed by atoms with Crippen molar-refractivity contribution in [2.75, 3.05) is 7.11 Å². The van der Waals surface area contributed by atoms with Crippen LogP contribution in [0.5, 0.6) is 5.75 Å². The normalized spacial score (nSPS) is 9.85. The van der Waals surface area contributed by atoms with Crippen molar-refractivity contribution in [3.63, 3.8) is 0 Å². The number of ketones is 1. The van der Waals surface area contributed by atoms with Crippen LogP contribution in [0.1, 0.15) is 17.3 Å². The molecule has 0 fully saturated rings. The molecule has 0 aliphatic carbocycles. The number of hydrogen-bond donors (Lipinski definition) is 0. The zero-order chi connectivity index (χ0) is 10.0. The van der Waals surface area contributed by atoms with Gasteiger partial charge in [-0.25, -0.2) is 4.39 Å². The highest BCUT2D eigenvalue weighted by molar-refractivity contribution is 14.1. The Kier molecular flexibility index (Phi) is 3.24. The van der Waals surface area contributed by atoms with E-state index in [9.17, 15) is 9.18 Å². The van der Waals surface area contributed by atoms with E-state index in [-0.39, 0.29) is 11.3 Å². The van der Waals surface area contributed by atoms with Crippen molar-refractivity contribution < 1.29 is 13.9 Å². The Labute approximate surface area is 89.2 Å². The SMILES string of the molecule is COc1cc(F)c(C(C)=O)c(I)c1. The minimum absolute atomic E-state index is 0.126. The first-order valence-electron chi connectivity index (χ1n) is 3.60. The van der Waals surface area contributed by atoms with Crippen LogP contribution in [0.15, 0.2) is 12.1 Å². The summed E-state index contributed by atoms with van der Waals surface area (Å²) >= 11 is 1.91. The highest BCUT2D eigenvalue weighted by Gasteiger charge is 2.13. The third kappa shape index (κ3) is 2.18. The zero-order valence-electron chi connectivity index (χ0n) is 7.23. The van der Waals surface area contributed by atoms with Gasteiger partial charge in [0, 0.05) is 9.64 Å². The lowest BCUT2D eigenvalue weighted by Gasteiger charge is -2.05. The number of ether oxygens (including phenoxy) is 1. The van der Waals surface area contributed by atoms with Crippen LogP contribution in [0.4, 0.5) is 4.39 Å².